The summed E-state index contributed by atoms with van der Waals surface area (Å²) in [5.74, 6) is 11.0. The molecule has 0 saturated carbocycles. The molecule has 0 fully saturated rings. The van der Waals surface area contributed by atoms with E-state index in [0.29, 0.717) is 34.3 Å². The highest BCUT2D eigenvalue weighted by atomic mass is 35.5. The summed E-state index contributed by atoms with van der Waals surface area (Å²) in [4.78, 5) is 47.5. The van der Waals surface area contributed by atoms with Crippen molar-refractivity contribution in [3.8, 4) is 11.3 Å². The molecular weight excluding hydrogens is 574 g/mol. The molecule has 0 spiro atoms. The SMILES string of the molecule is COC(=O)Nc1ccc2c(c1)CCCCN(C)C(=O)C[C@H](NC(=O)/C=C/c1cc(Cl)ccc1N(N)/C=N\N)c1ncc-2[nH]1. The zero-order chi connectivity index (χ0) is 30.9. The number of halogens is 1. The maximum absolute atomic E-state index is 13.1. The highest BCUT2D eigenvalue weighted by Crippen LogP contribution is 2.29. The van der Waals surface area contributed by atoms with Gasteiger partial charge in [-0.15, -0.1) is 0 Å². The molecule has 2 aromatic carbocycles. The standard InChI is InChI=1S/C29H34ClN9O4/c1-38-12-4-3-5-18-14-21(35-29(42)43-2)8-9-22(18)24-16-33-28(37-24)23(15-27(38)41)36-26(40)11-6-19-13-20(30)7-10-25(19)39(32)17-34-31/h6-11,13-14,16-17,23H,3-5,12,15,31-32H2,1-2H3,(H,33,37)(H,35,42)(H,36,40)/b11-6+,34-17-/t23-/m0/s1. The molecule has 226 valence electrons. The van der Waals surface area contributed by atoms with Crippen molar-refractivity contribution in [3.63, 3.8) is 0 Å². The number of rotatable bonds is 6. The fourth-order valence-electron chi connectivity index (χ4n) is 4.71. The Labute approximate surface area is 253 Å². The number of carbonyl (C=O) groups excluding carboxylic acids is 3. The third-order valence-corrected chi connectivity index (χ3v) is 7.17. The zero-order valence-corrected chi connectivity index (χ0v) is 24.6. The highest BCUT2D eigenvalue weighted by Gasteiger charge is 2.24. The average molecular weight is 608 g/mol. The van der Waals surface area contributed by atoms with Crippen LogP contribution in [0.3, 0.4) is 0 Å². The van der Waals surface area contributed by atoms with Gasteiger partial charge in [0.05, 0.1) is 37.2 Å². The van der Waals surface area contributed by atoms with E-state index in [9.17, 15) is 14.4 Å². The number of fused-ring (bicyclic) bond motifs is 4. The number of aryl methyl sites for hydroxylation is 1. The number of carbonyl (C=O) groups is 3. The summed E-state index contributed by atoms with van der Waals surface area (Å²) < 4.78 is 4.72. The number of imidazole rings is 1. The van der Waals surface area contributed by atoms with Gasteiger partial charge in [0.1, 0.15) is 12.2 Å². The minimum atomic E-state index is -0.737. The molecule has 4 rings (SSSR count). The van der Waals surface area contributed by atoms with E-state index in [1.54, 1.807) is 48.5 Å². The molecule has 1 aliphatic heterocycles. The number of hydrazine groups is 1. The van der Waals surface area contributed by atoms with Crippen LogP contribution in [0.1, 0.15) is 42.3 Å². The molecule has 2 bridgehead atoms. The number of aromatic nitrogens is 2. The molecule has 3 amide bonds. The fraction of sp³-hybridized carbons (Fsp3) is 0.276. The lowest BCUT2D eigenvalue weighted by Gasteiger charge is -2.21. The summed E-state index contributed by atoms with van der Waals surface area (Å²) in [5, 5.41) is 10.7. The first-order valence-corrected chi connectivity index (χ1v) is 13.9. The minimum absolute atomic E-state index is 0.00380. The van der Waals surface area contributed by atoms with E-state index in [1.165, 1.54) is 24.5 Å². The van der Waals surface area contributed by atoms with Crippen LogP contribution in [-0.4, -0.2) is 59.8 Å². The lowest BCUT2D eigenvalue weighted by atomic mass is 9.99. The molecule has 1 atom stereocenters. The van der Waals surface area contributed by atoms with Gasteiger partial charge in [0.25, 0.3) is 0 Å². The van der Waals surface area contributed by atoms with Crippen LogP contribution < -0.4 is 27.3 Å². The quantitative estimate of drug-likeness (QED) is 0.0926. The number of hydrazone groups is 1. The third kappa shape index (κ3) is 8.11. The van der Waals surface area contributed by atoms with E-state index in [4.69, 9.17) is 28.0 Å². The molecule has 14 heteroatoms. The summed E-state index contributed by atoms with van der Waals surface area (Å²) in [5.41, 5.74) is 4.28. The summed E-state index contributed by atoms with van der Waals surface area (Å²) in [6.45, 7) is 0.552. The van der Waals surface area contributed by atoms with Gasteiger partial charge in [0.15, 0.2) is 0 Å². The number of nitrogens with two attached hydrogens (primary N) is 2. The largest absolute Gasteiger partial charge is 0.453 e. The van der Waals surface area contributed by atoms with E-state index in [1.807, 2.05) is 12.1 Å². The smallest absolute Gasteiger partial charge is 0.411 e. The number of aromatic amines is 1. The van der Waals surface area contributed by atoms with Crippen molar-refractivity contribution in [1.82, 2.24) is 20.2 Å². The summed E-state index contributed by atoms with van der Waals surface area (Å²) in [6.07, 6.45) is 7.53. The first-order chi connectivity index (χ1) is 20.7. The minimum Gasteiger partial charge on any atom is -0.453 e. The zero-order valence-electron chi connectivity index (χ0n) is 23.8. The number of amides is 3. The number of hydrogen-bond acceptors (Lipinski definition) is 8. The Morgan fingerprint density at radius 2 is 2.07 bits per heavy atom. The fourth-order valence-corrected chi connectivity index (χ4v) is 4.89. The Morgan fingerprint density at radius 3 is 2.84 bits per heavy atom. The first kappa shape index (κ1) is 31.1. The Morgan fingerprint density at radius 1 is 1.26 bits per heavy atom. The molecule has 0 radical (unpaired) electrons. The lowest BCUT2D eigenvalue weighted by Crippen LogP contribution is -2.35. The molecule has 0 unspecified atom stereocenters. The predicted octanol–water partition coefficient (Wildman–Crippen LogP) is 3.55. The molecule has 0 aliphatic carbocycles. The Bertz CT molecular complexity index is 1540. The van der Waals surface area contributed by atoms with Crippen LogP contribution in [0.15, 0.2) is 53.8 Å². The maximum Gasteiger partial charge on any atom is 0.411 e. The van der Waals surface area contributed by atoms with Crippen LogP contribution in [0.25, 0.3) is 17.3 Å². The monoisotopic (exact) mass is 607 g/mol. The number of ether oxygens (including phenoxy) is 1. The van der Waals surface area contributed by atoms with Crippen molar-refractivity contribution in [2.45, 2.75) is 31.7 Å². The van der Waals surface area contributed by atoms with Gasteiger partial charge >= 0.3 is 6.09 Å². The van der Waals surface area contributed by atoms with Gasteiger partial charge in [0.2, 0.25) is 11.8 Å². The van der Waals surface area contributed by atoms with Crippen LogP contribution in [-0.2, 0) is 20.7 Å². The van der Waals surface area contributed by atoms with Gasteiger partial charge in [0, 0.05) is 41.5 Å². The third-order valence-electron chi connectivity index (χ3n) is 6.94. The number of H-pyrrole nitrogens is 1. The number of anilines is 2. The van der Waals surface area contributed by atoms with E-state index in [-0.39, 0.29) is 12.3 Å². The van der Waals surface area contributed by atoms with Crippen LogP contribution in [0.5, 0.6) is 0 Å². The van der Waals surface area contributed by atoms with Crippen molar-refractivity contribution in [1.29, 1.82) is 0 Å². The molecular formula is C29H34ClN9O4. The second-order valence-corrected chi connectivity index (χ2v) is 10.4. The first-order valence-electron chi connectivity index (χ1n) is 13.5. The number of nitrogens with zero attached hydrogens (tertiary/aromatic N) is 4. The van der Waals surface area contributed by atoms with Gasteiger partial charge in [-0.1, -0.05) is 17.7 Å². The molecule has 13 nitrogen and oxygen atoms in total. The maximum atomic E-state index is 13.1. The molecule has 2 heterocycles. The van der Waals surface area contributed by atoms with Gasteiger partial charge in [-0.3, -0.25) is 19.9 Å². The van der Waals surface area contributed by atoms with Crippen LogP contribution in [0.4, 0.5) is 16.2 Å². The van der Waals surface area contributed by atoms with Crippen LogP contribution >= 0.6 is 11.6 Å². The van der Waals surface area contributed by atoms with E-state index < -0.39 is 18.0 Å². The molecule has 3 aromatic rings. The van der Waals surface area contributed by atoms with E-state index >= 15 is 0 Å². The highest BCUT2D eigenvalue weighted by molar-refractivity contribution is 6.30. The number of nitrogens with one attached hydrogen (secondary N) is 3. The number of benzene rings is 2. The second-order valence-electron chi connectivity index (χ2n) is 9.92. The van der Waals surface area contributed by atoms with Gasteiger partial charge in [-0.25, -0.2) is 15.6 Å². The Kier molecular flexibility index (Phi) is 10.4. The summed E-state index contributed by atoms with van der Waals surface area (Å²) >= 11 is 6.17. The molecule has 0 saturated heterocycles. The van der Waals surface area contributed by atoms with Gasteiger partial charge in [-0.05, 0) is 61.2 Å². The molecule has 7 N–H and O–H groups in total. The second kappa shape index (κ2) is 14.3. The van der Waals surface area contributed by atoms with Crippen LogP contribution in [0, 0.1) is 0 Å². The van der Waals surface area contributed by atoms with Crippen molar-refractivity contribution in [2.75, 3.05) is 31.0 Å². The lowest BCUT2D eigenvalue weighted by molar-refractivity contribution is -0.130. The van der Waals surface area contributed by atoms with Crippen molar-refractivity contribution >= 4 is 53.3 Å². The predicted molar refractivity (Wildman–Crippen MR) is 166 cm³/mol. The number of methoxy groups -OCH3 is 1. The van der Waals surface area contributed by atoms with Crippen molar-refractivity contribution < 1.29 is 19.1 Å². The van der Waals surface area contributed by atoms with Crippen molar-refractivity contribution in [3.05, 3.63) is 70.6 Å². The average Bonchev–Trinajstić information content (AvgIpc) is 3.47. The van der Waals surface area contributed by atoms with Gasteiger partial charge < -0.3 is 25.8 Å². The summed E-state index contributed by atoms with van der Waals surface area (Å²) in [6, 6.07) is 9.80. The van der Waals surface area contributed by atoms with E-state index in [2.05, 4.69) is 25.7 Å². The van der Waals surface area contributed by atoms with E-state index in [0.717, 1.165) is 36.1 Å². The van der Waals surface area contributed by atoms with Crippen LogP contribution in [0.2, 0.25) is 5.02 Å². The number of hydrogen-bond donors (Lipinski definition) is 5. The molecule has 1 aliphatic rings. The Hall–Kier alpha value is -4.88. The van der Waals surface area contributed by atoms with Gasteiger partial charge in [-0.2, -0.15) is 5.10 Å². The normalized spacial score (nSPS) is 15.8. The molecule has 43 heavy (non-hydrogen) atoms. The summed E-state index contributed by atoms with van der Waals surface area (Å²) in [7, 11) is 3.05. The Balaban J connectivity index is 1.62. The molecule has 1 aromatic heterocycles. The topological polar surface area (TPSA) is 184 Å². The van der Waals surface area contributed by atoms with Crippen molar-refractivity contribution in [2.24, 2.45) is 16.8 Å².